The molecule has 4 N–H and O–H groups in total. The minimum Gasteiger partial charge on any atom is -0.453 e. The van der Waals surface area contributed by atoms with Crippen LogP contribution in [0.5, 0.6) is 0 Å². The lowest BCUT2D eigenvalue weighted by molar-refractivity contribution is -0.136. The van der Waals surface area contributed by atoms with E-state index in [-0.39, 0.29) is 35.7 Å². The number of ether oxygens (including phenoxy) is 2. The number of hydrogen-bond acceptors (Lipinski definition) is 10. The molecule has 2 fully saturated rings. The number of rotatable bonds is 10. The molecule has 3 aromatic heterocycles. The molecule has 5 aromatic rings. The number of hydrogen-bond donors (Lipinski definition) is 4. The van der Waals surface area contributed by atoms with Gasteiger partial charge in [0.2, 0.25) is 11.8 Å². The Morgan fingerprint density at radius 3 is 1.76 bits per heavy atom. The van der Waals surface area contributed by atoms with E-state index < -0.39 is 24.3 Å². The van der Waals surface area contributed by atoms with Crippen LogP contribution in [0.15, 0.2) is 42.6 Å². The van der Waals surface area contributed by atoms with Gasteiger partial charge in [0.1, 0.15) is 29.4 Å². The van der Waals surface area contributed by atoms with E-state index in [1.165, 1.54) is 14.2 Å². The minimum atomic E-state index is -0.712. The highest BCUT2D eigenvalue weighted by Gasteiger charge is 2.39. The molecule has 3 unspecified atom stereocenters. The molecule has 55 heavy (non-hydrogen) atoms. The van der Waals surface area contributed by atoms with E-state index in [9.17, 15) is 19.2 Å². The van der Waals surface area contributed by atoms with Gasteiger partial charge in [-0.05, 0) is 67.9 Å². The van der Waals surface area contributed by atoms with Crippen molar-refractivity contribution in [3.05, 3.63) is 54.2 Å². The fraction of sp³-hybridized carbons (Fsp3) is 0.474. The summed E-state index contributed by atoms with van der Waals surface area (Å²) in [6.07, 6.45) is 3.72. The van der Waals surface area contributed by atoms with Gasteiger partial charge in [-0.1, -0.05) is 39.0 Å². The van der Waals surface area contributed by atoms with Crippen LogP contribution in [0.4, 0.5) is 9.59 Å². The zero-order chi connectivity index (χ0) is 39.0. The number of nitrogens with zero attached hydrogens (tertiary/aromatic N) is 7. The zero-order valence-electron chi connectivity index (χ0n) is 31.8. The summed E-state index contributed by atoms with van der Waals surface area (Å²) in [6.45, 7) is 8.70. The number of benzene rings is 2. The summed E-state index contributed by atoms with van der Waals surface area (Å²) in [5, 5.41) is 14.3. The molecule has 2 aliphatic heterocycles. The summed E-state index contributed by atoms with van der Waals surface area (Å²) in [7, 11) is 2.56. The number of aromatic amines is 2. The molecule has 17 nitrogen and oxygen atoms in total. The quantitative estimate of drug-likeness (QED) is 0.154. The molecule has 4 atom stereocenters. The molecule has 0 spiro atoms. The van der Waals surface area contributed by atoms with Crippen molar-refractivity contribution in [3.63, 3.8) is 0 Å². The fourth-order valence-electron chi connectivity index (χ4n) is 7.57. The first-order chi connectivity index (χ1) is 26.4. The van der Waals surface area contributed by atoms with Gasteiger partial charge >= 0.3 is 12.2 Å². The van der Waals surface area contributed by atoms with Crippen LogP contribution in [0.2, 0.25) is 0 Å². The number of imidazole rings is 2. The molecule has 2 aliphatic rings. The molecule has 4 amide bonds. The van der Waals surface area contributed by atoms with Gasteiger partial charge in [-0.15, -0.1) is 5.10 Å². The van der Waals surface area contributed by atoms with Gasteiger partial charge in [0.15, 0.2) is 0 Å². The summed E-state index contributed by atoms with van der Waals surface area (Å²) in [5.74, 6) is 0.805. The molecular formula is C38H47N11O6. The number of amides is 4. The first-order valence-corrected chi connectivity index (χ1v) is 18.7. The van der Waals surface area contributed by atoms with Crippen molar-refractivity contribution in [2.45, 2.75) is 77.5 Å². The number of aromatic nitrogens is 7. The van der Waals surface area contributed by atoms with Gasteiger partial charge in [0, 0.05) is 18.7 Å². The van der Waals surface area contributed by atoms with Crippen LogP contribution in [0, 0.1) is 11.8 Å². The topological polar surface area (TPSA) is 205 Å². The smallest absolute Gasteiger partial charge is 0.407 e. The van der Waals surface area contributed by atoms with Gasteiger partial charge in [0.25, 0.3) is 0 Å². The number of likely N-dealkylation sites (tertiary alicyclic amines) is 2. The maximum Gasteiger partial charge on any atom is 0.407 e. The Bertz CT molecular complexity index is 2070. The summed E-state index contributed by atoms with van der Waals surface area (Å²) in [5.41, 5.74) is 5.41. The maximum atomic E-state index is 13.6. The normalized spacial score (nSPS) is 18.3. The van der Waals surface area contributed by atoms with E-state index >= 15 is 0 Å². The third kappa shape index (κ3) is 7.42. The zero-order valence-corrected chi connectivity index (χ0v) is 31.8. The summed E-state index contributed by atoms with van der Waals surface area (Å²) in [4.78, 5) is 71.3. The predicted octanol–water partition coefficient (Wildman–Crippen LogP) is 4.78. The van der Waals surface area contributed by atoms with Crippen LogP contribution in [-0.4, -0.2) is 108 Å². The van der Waals surface area contributed by atoms with E-state index in [0.29, 0.717) is 30.4 Å². The van der Waals surface area contributed by atoms with E-state index in [2.05, 4.69) is 30.9 Å². The highest BCUT2D eigenvalue weighted by molar-refractivity contribution is 5.88. The molecule has 0 aliphatic carbocycles. The van der Waals surface area contributed by atoms with Gasteiger partial charge in [-0.25, -0.2) is 24.2 Å². The molecule has 17 heteroatoms. The van der Waals surface area contributed by atoms with E-state index in [1.54, 1.807) is 14.5 Å². The lowest BCUT2D eigenvalue weighted by atomic mass is 10.0. The van der Waals surface area contributed by atoms with Crippen LogP contribution in [0.3, 0.4) is 0 Å². The third-order valence-electron chi connectivity index (χ3n) is 10.5. The van der Waals surface area contributed by atoms with Gasteiger partial charge in [-0.3, -0.25) is 9.59 Å². The molecule has 5 heterocycles. The van der Waals surface area contributed by atoms with Crippen LogP contribution < -0.4 is 10.6 Å². The van der Waals surface area contributed by atoms with Crippen molar-refractivity contribution in [1.82, 2.24) is 55.4 Å². The molecule has 0 radical (unpaired) electrons. The average molecular weight is 754 g/mol. The Labute approximate surface area is 317 Å². The Balaban J connectivity index is 1.08. The molecule has 290 valence electrons. The predicted molar refractivity (Wildman–Crippen MR) is 202 cm³/mol. The van der Waals surface area contributed by atoms with Gasteiger partial charge < -0.3 is 39.9 Å². The molecule has 7 rings (SSSR count). The Morgan fingerprint density at radius 2 is 1.25 bits per heavy atom. The summed E-state index contributed by atoms with van der Waals surface area (Å²) < 4.78 is 11.2. The molecular weight excluding hydrogens is 706 g/mol. The van der Waals surface area contributed by atoms with Crippen molar-refractivity contribution in [1.29, 1.82) is 0 Å². The fourth-order valence-corrected chi connectivity index (χ4v) is 7.57. The third-order valence-corrected chi connectivity index (χ3v) is 10.5. The highest BCUT2D eigenvalue weighted by Crippen LogP contribution is 2.35. The number of nitrogens with one attached hydrogen (secondary N) is 4. The summed E-state index contributed by atoms with van der Waals surface area (Å²) in [6, 6.07) is 9.69. The number of methoxy groups -OCH3 is 2. The standard InChI is InChI=1S/C38H47N11O6/c1-20(2)31(43-37(52)54-5)35(50)47-15-7-9-29(47)33-39-24-13-11-22(17-26(24)41-33)28-19-49(46-45-28)23-12-14-25-27(18-23)42-34(40-25)30-10-8-16-48(30)36(51)32(21(3)4)44-38(53)55-6/h11-14,17-21,29-32H,7-10,15-16H2,1-6H3,(H,39,41)(H,40,42)(H,43,52)(H,44,53)/t29?,30?,31-,32?/m0/s1. The van der Waals surface area contributed by atoms with Crippen LogP contribution in [0.1, 0.15) is 77.1 Å². The van der Waals surface area contributed by atoms with Crippen molar-refractivity contribution in [2.24, 2.45) is 11.8 Å². The number of alkyl carbamates (subject to hydrolysis) is 2. The lowest BCUT2D eigenvalue weighted by Crippen LogP contribution is -2.51. The molecule has 2 aromatic carbocycles. The van der Waals surface area contributed by atoms with Crippen LogP contribution >= 0.6 is 0 Å². The van der Waals surface area contributed by atoms with E-state index in [0.717, 1.165) is 59.0 Å². The van der Waals surface area contributed by atoms with E-state index in [1.807, 2.05) is 70.3 Å². The lowest BCUT2D eigenvalue weighted by Gasteiger charge is -2.29. The first kappa shape index (κ1) is 37.3. The molecule has 2 saturated heterocycles. The highest BCUT2D eigenvalue weighted by atomic mass is 16.5. The van der Waals surface area contributed by atoms with Crippen molar-refractivity contribution >= 4 is 46.1 Å². The van der Waals surface area contributed by atoms with Crippen LogP contribution in [-0.2, 0) is 19.1 Å². The van der Waals surface area contributed by atoms with Gasteiger partial charge in [0.05, 0.1) is 60.3 Å². The minimum absolute atomic E-state index is 0.125. The monoisotopic (exact) mass is 753 g/mol. The Hall–Kier alpha value is -6.00. The van der Waals surface area contributed by atoms with Crippen LogP contribution in [0.25, 0.3) is 39.0 Å². The Morgan fingerprint density at radius 1 is 0.745 bits per heavy atom. The average Bonchev–Trinajstić information content (AvgIpc) is 4.02. The Kier molecular flexibility index (Phi) is 10.4. The van der Waals surface area contributed by atoms with Crippen molar-refractivity contribution < 1.29 is 28.7 Å². The maximum absolute atomic E-state index is 13.6. The number of carbonyl (C=O) groups excluding carboxylic acids is 4. The number of carbonyl (C=O) groups is 4. The van der Waals surface area contributed by atoms with Gasteiger partial charge in [-0.2, -0.15) is 0 Å². The molecule has 0 saturated carbocycles. The number of fused-ring (bicyclic) bond motifs is 2. The second-order valence-corrected chi connectivity index (χ2v) is 14.8. The van der Waals surface area contributed by atoms with Crippen molar-refractivity contribution in [2.75, 3.05) is 27.3 Å². The second kappa shape index (κ2) is 15.4. The van der Waals surface area contributed by atoms with Crippen molar-refractivity contribution in [3.8, 4) is 16.9 Å². The molecule has 0 bridgehead atoms. The number of H-pyrrole nitrogens is 2. The SMILES string of the molecule is COC(=O)NC(C(=O)N1CCCC1c1nc2ccc(-n3cc(-c4ccc5nc(C6CCCN6C(=O)[C@@H](NC(=O)OC)C(C)C)[nH]c5c4)nn3)cc2[nH]1)C(C)C. The second-order valence-electron chi connectivity index (χ2n) is 14.8. The van der Waals surface area contributed by atoms with E-state index in [4.69, 9.17) is 19.4 Å². The first-order valence-electron chi connectivity index (χ1n) is 18.7. The summed E-state index contributed by atoms with van der Waals surface area (Å²) >= 11 is 0. The largest absolute Gasteiger partial charge is 0.453 e.